The van der Waals surface area contributed by atoms with E-state index in [2.05, 4.69) is 42.0 Å². The monoisotopic (exact) mass is 1290 g/mol. The molecule has 7 rings (SSSR count). The molecule has 0 aliphatic heterocycles. The fourth-order valence-electron chi connectivity index (χ4n) is 7.48. The molecule has 0 unspecified atom stereocenters. The molecule has 5 aromatic heterocycles. The Balaban J connectivity index is 0.000000302. The van der Waals surface area contributed by atoms with Gasteiger partial charge in [0, 0.05) is 123 Å². The Morgan fingerprint density at radius 1 is 0.536 bits per heavy atom. The van der Waals surface area contributed by atoms with Crippen LogP contribution in [-0.2, 0) is 51.7 Å². The van der Waals surface area contributed by atoms with Gasteiger partial charge in [-0.15, -0.1) is 36.4 Å². The first-order valence-electron chi connectivity index (χ1n) is 23.7. The number of aromatic nitrogens is 6. The summed E-state index contributed by atoms with van der Waals surface area (Å²) in [7, 11) is 0. The van der Waals surface area contributed by atoms with Crippen molar-refractivity contribution in [3.63, 3.8) is 0 Å². The van der Waals surface area contributed by atoms with Crippen LogP contribution < -0.4 is 0 Å². The molecule has 0 radical (unpaired) electrons. The molecule has 0 atom stereocenters. The summed E-state index contributed by atoms with van der Waals surface area (Å²) in [5.41, 5.74) is 4.84. The number of carbonyl (C=O) groups excluding carboxylic acids is 2. The molecule has 11 nitrogen and oxygen atoms in total. The normalized spacial score (nSPS) is 12.4. The summed E-state index contributed by atoms with van der Waals surface area (Å²) in [6.45, 7) is 24.2. The number of nitrogens with zero attached hydrogens (tertiary/aromatic N) is 6. The third-order valence-corrected chi connectivity index (χ3v) is 14.9. The minimum Gasteiger partial charge on any atom is -0.545 e. The number of aliphatic hydroxyl groups excluding tert-OH is 2. The minimum absolute atomic E-state index is 0. The van der Waals surface area contributed by atoms with Crippen molar-refractivity contribution >= 4 is 55.3 Å². The molecule has 2 aromatic carbocycles. The molecule has 7 aromatic rings. The summed E-state index contributed by atoms with van der Waals surface area (Å²) in [6.07, 6.45) is 19.6. The van der Waals surface area contributed by atoms with Crippen LogP contribution in [0.4, 0.5) is 0 Å². The van der Waals surface area contributed by atoms with Gasteiger partial charge in [0.25, 0.3) is 0 Å². The Hall–Kier alpha value is -4.98. The zero-order valence-electron chi connectivity index (χ0n) is 42.2. The van der Waals surface area contributed by atoms with Crippen LogP contribution in [0.1, 0.15) is 134 Å². The second-order valence-electron chi connectivity index (χ2n) is 18.5. The summed E-state index contributed by atoms with van der Waals surface area (Å²) in [4.78, 5) is 50.4. The molecular weight excluding hydrogens is 1230 g/mol. The van der Waals surface area contributed by atoms with Gasteiger partial charge in [-0.25, -0.2) is 19.9 Å². The predicted molar refractivity (Wildman–Crippen MR) is 270 cm³/mol. The number of pyridine rings is 2. The fourth-order valence-corrected chi connectivity index (χ4v) is 7.48. The Labute approximate surface area is 437 Å². The number of fused-ring (bicyclic) bond motifs is 5. The van der Waals surface area contributed by atoms with E-state index in [0.717, 1.165) is 106 Å². The number of benzene rings is 2. The van der Waals surface area contributed by atoms with Crippen molar-refractivity contribution in [1.82, 2.24) is 29.9 Å². The summed E-state index contributed by atoms with van der Waals surface area (Å²) in [6, 6.07) is 18.2. The van der Waals surface area contributed by atoms with E-state index in [-0.39, 0.29) is 86.9 Å². The molecule has 69 heavy (non-hydrogen) atoms. The quantitative estimate of drug-likeness (QED) is 0.0537. The van der Waals surface area contributed by atoms with E-state index in [0.29, 0.717) is 11.2 Å². The number of aliphatic hydroxyl groups is 2. The van der Waals surface area contributed by atoms with Crippen molar-refractivity contribution in [3.8, 4) is 22.5 Å². The van der Waals surface area contributed by atoms with Gasteiger partial charge in [0.15, 0.2) is 11.6 Å². The number of hydrogen-bond donors (Lipinski definition) is 2. The van der Waals surface area contributed by atoms with Crippen LogP contribution in [0.5, 0.6) is 0 Å². The van der Waals surface area contributed by atoms with Crippen LogP contribution in [0.3, 0.4) is 0 Å². The van der Waals surface area contributed by atoms with Crippen LogP contribution in [0, 0.1) is 33.8 Å². The Morgan fingerprint density at radius 3 is 1.19 bits per heavy atom. The van der Waals surface area contributed by atoms with E-state index in [9.17, 15) is 19.8 Å². The minimum atomic E-state index is -0.337. The Kier molecular flexibility index (Phi) is 21.3. The second kappa shape index (κ2) is 25.2. The number of ketones is 2. The van der Waals surface area contributed by atoms with Crippen molar-refractivity contribution in [2.45, 2.75) is 134 Å². The number of furan rings is 1. The van der Waals surface area contributed by atoms with Crippen LogP contribution in [0.15, 0.2) is 102 Å². The summed E-state index contributed by atoms with van der Waals surface area (Å²) in [5, 5.41) is 24.0. The first-order valence-corrected chi connectivity index (χ1v) is 23.7. The summed E-state index contributed by atoms with van der Waals surface area (Å²) < 4.78 is 6.44. The van der Waals surface area contributed by atoms with E-state index in [1.807, 2.05) is 119 Å². The smallest absolute Gasteiger partial charge is 0.164 e. The van der Waals surface area contributed by atoms with Crippen LogP contribution in [-0.4, -0.2) is 51.7 Å². The Bertz CT molecular complexity index is 2700. The number of rotatable bonds is 16. The van der Waals surface area contributed by atoms with Gasteiger partial charge in [-0.3, -0.25) is 9.59 Å². The fraction of sp³-hybridized carbons (Fsp3) is 0.429. The van der Waals surface area contributed by atoms with Crippen molar-refractivity contribution in [3.05, 3.63) is 110 Å². The maximum atomic E-state index is 12.2. The zero-order chi connectivity index (χ0) is 49.2. The topological polar surface area (TPSA) is 165 Å². The first-order chi connectivity index (χ1) is 31.9. The second-order valence-corrected chi connectivity index (χ2v) is 18.5. The van der Waals surface area contributed by atoms with E-state index in [1.165, 1.54) is 24.8 Å². The molecular formula is C56H68N6O5Pt2-2. The van der Waals surface area contributed by atoms with Gasteiger partial charge >= 0.3 is 0 Å². The van der Waals surface area contributed by atoms with E-state index >= 15 is 0 Å². The molecule has 0 aliphatic carbocycles. The van der Waals surface area contributed by atoms with Gasteiger partial charge < -0.3 is 24.6 Å². The number of carbonyl (C=O) groups is 2. The Morgan fingerprint density at radius 2 is 0.870 bits per heavy atom. The molecule has 0 fully saturated rings. The summed E-state index contributed by atoms with van der Waals surface area (Å²) in [5.74, 6) is 0.572. The average molecular weight is 1300 g/mol. The van der Waals surface area contributed by atoms with E-state index in [1.54, 1.807) is 24.8 Å². The van der Waals surface area contributed by atoms with Crippen LogP contribution in [0.25, 0.3) is 66.3 Å². The van der Waals surface area contributed by atoms with Gasteiger partial charge in [0.05, 0.1) is 11.0 Å². The molecule has 5 heterocycles. The molecule has 0 amide bonds. The van der Waals surface area contributed by atoms with Crippen molar-refractivity contribution < 1.29 is 66.3 Å². The predicted octanol–water partition coefficient (Wildman–Crippen LogP) is 14.5. The third-order valence-electron chi connectivity index (χ3n) is 14.9. The standard InChI is InChI=1S/C26H12N6O.2C15H28O2.2Pt/c1-3-17-18-4-2-6-20(24-8-22-16(12-30-24)10-28-14-32-22)26(18)33-25(17)19(5-1)23-7-21-15(11-29-23)9-27-13-31-21;2*1-7-14(5,8-2)12(16)11-13(17)15(6,9-3)10-4;;/h1-4,7-14H;2*11,16H,7-10H2,1-6H3;;/q-2;;;;/b;2*12-11-;;. The molecule has 0 saturated carbocycles. The largest absolute Gasteiger partial charge is 0.545 e. The number of hydrogen-bond acceptors (Lipinski definition) is 11. The van der Waals surface area contributed by atoms with Gasteiger partial charge in [0.1, 0.15) is 24.2 Å². The average Bonchev–Trinajstić information content (AvgIpc) is 3.77. The van der Waals surface area contributed by atoms with Crippen LogP contribution >= 0.6 is 0 Å². The van der Waals surface area contributed by atoms with Gasteiger partial charge in [0.2, 0.25) is 0 Å². The third kappa shape index (κ3) is 12.9. The van der Waals surface area contributed by atoms with Gasteiger partial charge in [-0.05, 0) is 62.8 Å². The molecule has 13 heteroatoms. The van der Waals surface area contributed by atoms with Crippen molar-refractivity contribution in [1.29, 1.82) is 0 Å². The molecule has 0 aliphatic rings. The molecule has 0 spiro atoms. The van der Waals surface area contributed by atoms with E-state index < -0.39 is 0 Å². The molecule has 374 valence electrons. The molecule has 0 saturated heterocycles. The molecule has 0 bridgehead atoms. The van der Waals surface area contributed by atoms with Crippen molar-refractivity contribution in [2.24, 2.45) is 21.7 Å². The van der Waals surface area contributed by atoms with Gasteiger partial charge in [-0.1, -0.05) is 117 Å². The zero-order valence-corrected chi connectivity index (χ0v) is 46.7. The van der Waals surface area contributed by atoms with E-state index in [4.69, 9.17) is 4.42 Å². The maximum absolute atomic E-state index is 12.2. The van der Waals surface area contributed by atoms with Gasteiger partial charge in [-0.2, -0.15) is 0 Å². The van der Waals surface area contributed by atoms with Crippen LogP contribution in [0.2, 0.25) is 0 Å². The maximum Gasteiger partial charge on any atom is 0.164 e. The first kappa shape index (κ1) is 58.3. The SMILES string of the molecule is CCC(C)(CC)C(=O)/C=C(\O)C(C)(CC)CC.CCC(C)(CC)C(=O)/C=C(\O)C(C)(CC)CC.[Pt].[Pt].[c-]1ccc2c(oc3c(-c4cc5ncncc5cn4)[c-]ccc32)c1-c1cc2ncncc2cn1. The summed E-state index contributed by atoms with van der Waals surface area (Å²) >= 11 is 0. The molecule has 2 N–H and O–H groups in total. The number of allylic oxidation sites excluding steroid dienone is 4. The van der Waals surface area contributed by atoms with Crippen molar-refractivity contribution in [2.75, 3.05) is 0 Å².